The van der Waals surface area contributed by atoms with E-state index in [-0.39, 0.29) is 5.92 Å². The third kappa shape index (κ3) is 5.42. The van der Waals surface area contributed by atoms with Gasteiger partial charge in [-0.05, 0) is 29.2 Å². The molecule has 0 radical (unpaired) electrons. The summed E-state index contributed by atoms with van der Waals surface area (Å²) in [5.74, 6) is -0.00827. The Balaban J connectivity index is 1.93. The second-order valence-corrected chi connectivity index (χ2v) is 5.86. The molecule has 1 atom stereocenters. The zero-order chi connectivity index (χ0) is 16.7. The van der Waals surface area contributed by atoms with Crippen molar-refractivity contribution in [2.24, 2.45) is 5.92 Å². The molecule has 0 saturated carbocycles. The van der Waals surface area contributed by atoms with Gasteiger partial charge in [0, 0.05) is 6.54 Å². The molecule has 0 aliphatic carbocycles. The first-order chi connectivity index (χ1) is 11.1. The van der Waals surface area contributed by atoms with Gasteiger partial charge < -0.3 is 15.2 Å². The highest BCUT2D eigenvalue weighted by Crippen LogP contribution is 2.15. The van der Waals surface area contributed by atoms with Crippen molar-refractivity contribution in [1.82, 2.24) is 5.32 Å². The summed E-state index contributed by atoms with van der Waals surface area (Å²) in [7, 11) is 0. The maximum Gasteiger partial charge on any atom is 0.320 e. The molecule has 2 N–H and O–H groups in total. The smallest absolute Gasteiger partial charge is 0.320 e. The van der Waals surface area contributed by atoms with Crippen molar-refractivity contribution in [2.45, 2.75) is 33.0 Å². The van der Waals surface area contributed by atoms with Crippen molar-refractivity contribution in [3.63, 3.8) is 0 Å². The fraction of sp³-hybridized carbons (Fsp3) is 0.316. The van der Waals surface area contributed by atoms with Gasteiger partial charge in [0.05, 0.1) is 0 Å². The maximum absolute atomic E-state index is 11.2. The van der Waals surface area contributed by atoms with Crippen LogP contribution in [0.4, 0.5) is 0 Å². The largest absolute Gasteiger partial charge is 0.489 e. The molecule has 0 aliphatic rings. The molecule has 0 amide bonds. The van der Waals surface area contributed by atoms with Crippen LogP contribution in [0.15, 0.2) is 54.6 Å². The number of aliphatic carboxylic acids is 1. The Kier molecular flexibility index (Phi) is 6.18. The monoisotopic (exact) mass is 313 g/mol. The van der Waals surface area contributed by atoms with Crippen molar-refractivity contribution >= 4 is 5.97 Å². The van der Waals surface area contributed by atoms with Crippen LogP contribution in [0.1, 0.15) is 25.0 Å². The van der Waals surface area contributed by atoms with Crippen LogP contribution in [0, 0.1) is 5.92 Å². The third-order valence-corrected chi connectivity index (χ3v) is 3.61. The van der Waals surface area contributed by atoms with Crippen molar-refractivity contribution < 1.29 is 14.6 Å². The summed E-state index contributed by atoms with van der Waals surface area (Å²) in [6, 6.07) is 17.2. The highest BCUT2D eigenvalue weighted by molar-refractivity contribution is 5.73. The highest BCUT2D eigenvalue weighted by atomic mass is 16.5. The third-order valence-electron chi connectivity index (χ3n) is 3.61. The molecule has 4 nitrogen and oxygen atoms in total. The Hall–Kier alpha value is -2.33. The Morgan fingerprint density at radius 2 is 1.78 bits per heavy atom. The van der Waals surface area contributed by atoms with Gasteiger partial charge in [0.25, 0.3) is 0 Å². The summed E-state index contributed by atoms with van der Waals surface area (Å²) in [6.45, 7) is 4.80. The first kappa shape index (κ1) is 17.0. The van der Waals surface area contributed by atoms with Crippen LogP contribution >= 0.6 is 0 Å². The van der Waals surface area contributed by atoms with E-state index in [1.54, 1.807) is 0 Å². The van der Waals surface area contributed by atoms with Crippen LogP contribution in [0.2, 0.25) is 0 Å². The first-order valence-electron chi connectivity index (χ1n) is 7.78. The fourth-order valence-electron chi connectivity index (χ4n) is 2.32. The number of carboxylic acids is 1. The predicted octanol–water partition coefficient (Wildman–Crippen LogP) is 3.46. The SMILES string of the molecule is CC(C)[C@H](NCc1cccc(OCc2ccccc2)c1)C(=O)O. The van der Waals surface area contributed by atoms with Crippen LogP contribution in [0.25, 0.3) is 0 Å². The lowest BCUT2D eigenvalue weighted by Gasteiger charge is -2.18. The number of benzene rings is 2. The molecule has 0 heterocycles. The summed E-state index contributed by atoms with van der Waals surface area (Å²) in [4.78, 5) is 11.2. The molecule has 0 aliphatic heterocycles. The average molecular weight is 313 g/mol. The van der Waals surface area contributed by atoms with Gasteiger partial charge in [-0.1, -0.05) is 56.3 Å². The Morgan fingerprint density at radius 1 is 1.09 bits per heavy atom. The lowest BCUT2D eigenvalue weighted by molar-refractivity contribution is -0.140. The molecule has 4 heteroatoms. The molecule has 0 aromatic heterocycles. The molecule has 0 spiro atoms. The van der Waals surface area contributed by atoms with E-state index in [2.05, 4.69) is 5.32 Å². The number of nitrogens with one attached hydrogen (secondary N) is 1. The van der Waals surface area contributed by atoms with E-state index >= 15 is 0 Å². The Morgan fingerprint density at radius 3 is 2.43 bits per heavy atom. The van der Waals surface area contributed by atoms with Crippen LogP contribution < -0.4 is 10.1 Å². The minimum Gasteiger partial charge on any atom is -0.489 e. The number of carbonyl (C=O) groups is 1. The second kappa shape index (κ2) is 8.34. The average Bonchev–Trinajstić information content (AvgIpc) is 2.54. The number of hydrogen-bond acceptors (Lipinski definition) is 3. The number of carboxylic acid groups (broad SMARTS) is 1. The maximum atomic E-state index is 11.2. The van der Waals surface area contributed by atoms with Crippen molar-refractivity contribution in [1.29, 1.82) is 0 Å². The molecule has 23 heavy (non-hydrogen) atoms. The zero-order valence-corrected chi connectivity index (χ0v) is 13.5. The standard InChI is InChI=1S/C19H23NO3/c1-14(2)18(19(21)22)20-12-16-9-6-10-17(11-16)23-13-15-7-4-3-5-8-15/h3-11,14,18,20H,12-13H2,1-2H3,(H,21,22)/t18-/m0/s1. The van der Waals surface area contributed by atoms with E-state index in [9.17, 15) is 9.90 Å². The van der Waals surface area contributed by atoms with E-state index < -0.39 is 12.0 Å². The van der Waals surface area contributed by atoms with Crippen LogP contribution in [-0.4, -0.2) is 17.1 Å². The number of rotatable bonds is 8. The minimum absolute atomic E-state index is 0.0324. The van der Waals surface area contributed by atoms with E-state index in [4.69, 9.17) is 4.74 Å². The Bertz CT molecular complexity index is 626. The molecule has 0 fully saturated rings. The molecule has 2 rings (SSSR count). The highest BCUT2D eigenvalue weighted by Gasteiger charge is 2.20. The van der Waals surface area contributed by atoms with E-state index in [0.717, 1.165) is 16.9 Å². The lowest BCUT2D eigenvalue weighted by Crippen LogP contribution is -2.40. The molecular formula is C19H23NO3. The number of ether oxygens (including phenoxy) is 1. The van der Waals surface area contributed by atoms with Gasteiger partial charge in [0.1, 0.15) is 18.4 Å². The van der Waals surface area contributed by atoms with Crippen LogP contribution in [0.5, 0.6) is 5.75 Å². The molecule has 0 unspecified atom stereocenters. The summed E-state index contributed by atoms with van der Waals surface area (Å²) >= 11 is 0. The van der Waals surface area contributed by atoms with Crippen molar-refractivity contribution in [3.8, 4) is 5.75 Å². The minimum atomic E-state index is -0.823. The van der Waals surface area contributed by atoms with Gasteiger partial charge in [0.15, 0.2) is 0 Å². The van der Waals surface area contributed by atoms with E-state index in [1.807, 2.05) is 68.4 Å². The quantitative estimate of drug-likeness (QED) is 0.783. The normalized spacial score (nSPS) is 12.1. The summed E-state index contributed by atoms with van der Waals surface area (Å²) < 4.78 is 5.79. The fourth-order valence-corrected chi connectivity index (χ4v) is 2.32. The molecule has 2 aromatic carbocycles. The zero-order valence-electron chi connectivity index (χ0n) is 13.5. The topological polar surface area (TPSA) is 58.6 Å². The van der Waals surface area contributed by atoms with Gasteiger partial charge in [-0.2, -0.15) is 0 Å². The van der Waals surface area contributed by atoms with E-state index in [1.165, 1.54) is 0 Å². The van der Waals surface area contributed by atoms with Gasteiger partial charge >= 0.3 is 5.97 Å². The molecule has 2 aromatic rings. The summed E-state index contributed by atoms with van der Waals surface area (Å²) in [5.41, 5.74) is 2.12. The molecule has 0 saturated heterocycles. The molecular weight excluding hydrogens is 290 g/mol. The van der Waals surface area contributed by atoms with Gasteiger partial charge in [-0.3, -0.25) is 4.79 Å². The molecule has 0 bridgehead atoms. The summed E-state index contributed by atoms with van der Waals surface area (Å²) in [6.07, 6.45) is 0. The first-order valence-corrected chi connectivity index (χ1v) is 7.78. The Labute approximate surface area is 137 Å². The van der Waals surface area contributed by atoms with Crippen molar-refractivity contribution in [3.05, 3.63) is 65.7 Å². The van der Waals surface area contributed by atoms with E-state index in [0.29, 0.717) is 13.2 Å². The van der Waals surface area contributed by atoms with Gasteiger partial charge in [0.2, 0.25) is 0 Å². The van der Waals surface area contributed by atoms with Crippen LogP contribution in [-0.2, 0) is 17.9 Å². The van der Waals surface area contributed by atoms with Gasteiger partial charge in [-0.25, -0.2) is 0 Å². The predicted molar refractivity (Wildman–Crippen MR) is 90.3 cm³/mol. The summed E-state index contributed by atoms with van der Waals surface area (Å²) in [5, 5.41) is 12.3. The van der Waals surface area contributed by atoms with Gasteiger partial charge in [-0.15, -0.1) is 0 Å². The second-order valence-electron chi connectivity index (χ2n) is 5.86. The molecule has 122 valence electrons. The number of hydrogen-bond donors (Lipinski definition) is 2. The van der Waals surface area contributed by atoms with Crippen molar-refractivity contribution in [2.75, 3.05) is 0 Å². The van der Waals surface area contributed by atoms with Crippen LogP contribution in [0.3, 0.4) is 0 Å². The lowest BCUT2D eigenvalue weighted by atomic mass is 10.0.